The topological polar surface area (TPSA) is 76.3 Å². The highest BCUT2D eigenvalue weighted by Gasteiger charge is 2.34. The summed E-state index contributed by atoms with van der Waals surface area (Å²) in [6.45, 7) is 3.92. The van der Waals surface area contributed by atoms with Crippen LogP contribution in [0.25, 0.3) is 0 Å². The Morgan fingerprint density at radius 1 is 1.45 bits per heavy atom. The van der Waals surface area contributed by atoms with Gasteiger partial charge in [-0.15, -0.1) is 0 Å². The van der Waals surface area contributed by atoms with Gasteiger partial charge in [0.2, 0.25) is 5.15 Å². The quantitative estimate of drug-likeness (QED) is 0.477. The Hall–Kier alpha value is -1.69. The van der Waals surface area contributed by atoms with Crippen LogP contribution in [0.15, 0.2) is 12.3 Å². The van der Waals surface area contributed by atoms with Crippen molar-refractivity contribution in [1.82, 2.24) is 9.88 Å². The van der Waals surface area contributed by atoms with Gasteiger partial charge < -0.3 is 4.90 Å². The number of carbonyl (C=O) groups is 1. The summed E-state index contributed by atoms with van der Waals surface area (Å²) in [6.07, 6.45) is 4.19. The number of hydrogen-bond donors (Lipinski definition) is 0. The van der Waals surface area contributed by atoms with Gasteiger partial charge >= 0.3 is 5.69 Å². The predicted molar refractivity (Wildman–Crippen MR) is 74.8 cm³/mol. The number of likely N-dealkylation sites (tertiary alicyclic amines) is 1. The maximum Gasteiger partial charge on any atom is 0.319 e. The zero-order valence-electron chi connectivity index (χ0n) is 11.4. The molecule has 0 spiro atoms. The van der Waals surface area contributed by atoms with E-state index < -0.39 is 10.6 Å². The summed E-state index contributed by atoms with van der Waals surface area (Å²) >= 11 is 5.76. The molecule has 2 heterocycles. The Labute approximate surface area is 121 Å². The van der Waals surface area contributed by atoms with Crippen LogP contribution in [0.4, 0.5) is 5.69 Å². The van der Waals surface area contributed by atoms with Crippen molar-refractivity contribution in [3.63, 3.8) is 0 Å². The highest BCUT2D eigenvalue weighted by Crippen LogP contribution is 2.30. The molecule has 2 atom stereocenters. The van der Waals surface area contributed by atoms with Crippen molar-refractivity contribution in [2.75, 3.05) is 0 Å². The molecule has 0 N–H and O–H groups in total. The summed E-state index contributed by atoms with van der Waals surface area (Å²) < 4.78 is 0. The number of nitrogens with zero attached hydrogens (tertiary/aromatic N) is 3. The Balaban J connectivity index is 2.43. The van der Waals surface area contributed by atoms with E-state index in [4.69, 9.17) is 11.6 Å². The fraction of sp³-hybridized carbons (Fsp3) is 0.538. The van der Waals surface area contributed by atoms with E-state index in [1.54, 1.807) is 4.90 Å². The van der Waals surface area contributed by atoms with E-state index in [2.05, 4.69) is 4.98 Å². The largest absolute Gasteiger partial charge is 0.333 e. The van der Waals surface area contributed by atoms with Crippen LogP contribution in [0.5, 0.6) is 0 Å². The molecule has 20 heavy (non-hydrogen) atoms. The Morgan fingerprint density at radius 3 is 2.60 bits per heavy atom. The molecule has 1 aromatic rings. The molecule has 6 nitrogen and oxygen atoms in total. The Morgan fingerprint density at radius 2 is 2.05 bits per heavy atom. The first-order valence-corrected chi connectivity index (χ1v) is 6.92. The molecule has 1 amide bonds. The van der Waals surface area contributed by atoms with Crippen molar-refractivity contribution in [1.29, 1.82) is 0 Å². The summed E-state index contributed by atoms with van der Waals surface area (Å²) in [5.41, 5.74) is -0.403. The monoisotopic (exact) mass is 297 g/mol. The van der Waals surface area contributed by atoms with Crippen LogP contribution in [0.1, 0.15) is 43.5 Å². The minimum Gasteiger partial charge on any atom is -0.333 e. The molecule has 2 unspecified atom stereocenters. The van der Waals surface area contributed by atoms with Gasteiger partial charge in [0, 0.05) is 18.3 Å². The average molecular weight is 298 g/mol. The average Bonchev–Trinajstić information content (AvgIpc) is 2.37. The molecule has 2 rings (SSSR count). The van der Waals surface area contributed by atoms with Crippen molar-refractivity contribution in [2.45, 2.75) is 45.2 Å². The fourth-order valence-electron chi connectivity index (χ4n) is 2.74. The van der Waals surface area contributed by atoms with Gasteiger partial charge in [-0.1, -0.05) is 11.6 Å². The number of piperidine rings is 1. The minimum atomic E-state index is -0.651. The third-order valence-electron chi connectivity index (χ3n) is 3.72. The second-order valence-electron chi connectivity index (χ2n) is 5.10. The molecular formula is C13H16ClN3O3. The summed E-state index contributed by atoms with van der Waals surface area (Å²) in [7, 11) is 0. The number of amides is 1. The standard InChI is InChI=1S/C13H16ClN3O3/c1-8-4-3-5-9(2)16(8)13(18)10-6-7-15-12(14)11(10)17(19)20/h6-9H,3-5H2,1-2H3. The SMILES string of the molecule is CC1CCCC(C)N1C(=O)c1ccnc(Cl)c1[N+](=O)[O-]. The lowest BCUT2D eigenvalue weighted by molar-refractivity contribution is -0.385. The maximum absolute atomic E-state index is 12.6. The molecule has 1 aliphatic heterocycles. The first-order valence-electron chi connectivity index (χ1n) is 6.55. The van der Waals surface area contributed by atoms with Crippen molar-refractivity contribution < 1.29 is 9.72 Å². The highest BCUT2D eigenvalue weighted by molar-refractivity contribution is 6.32. The van der Waals surface area contributed by atoms with Crippen LogP contribution in [-0.2, 0) is 0 Å². The number of hydrogen-bond acceptors (Lipinski definition) is 4. The fourth-order valence-corrected chi connectivity index (χ4v) is 2.96. The van der Waals surface area contributed by atoms with E-state index in [-0.39, 0.29) is 28.7 Å². The lowest BCUT2D eigenvalue weighted by Crippen LogP contribution is -2.47. The van der Waals surface area contributed by atoms with Gasteiger partial charge in [0.05, 0.1) is 4.92 Å². The maximum atomic E-state index is 12.6. The zero-order valence-corrected chi connectivity index (χ0v) is 12.1. The van der Waals surface area contributed by atoms with Gasteiger partial charge in [-0.2, -0.15) is 0 Å². The van der Waals surface area contributed by atoms with Crippen LogP contribution < -0.4 is 0 Å². The van der Waals surface area contributed by atoms with Gasteiger partial charge in [0.1, 0.15) is 5.56 Å². The summed E-state index contributed by atoms with van der Waals surface area (Å²) in [5.74, 6) is -0.347. The van der Waals surface area contributed by atoms with Crippen LogP contribution in [0.2, 0.25) is 5.15 Å². The summed E-state index contributed by atoms with van der Waals surface area (Å²) in [5, 5.41) is 10.9. The predicted octanol–water partition coefficient (Wildman–Crippen LogP) is 3.05. The molecule has 0 aromatic carbocycles. The normalized spacial score (nSPS) is 22.6. The lowest BCUT2D eigenvalue weighted by atomic mass is 9.96. The number of aromatic nitrogens is 1. The smallest absolute Gasteiger partial charge is 0.319 e. The number of nitro groups is 1. The summed E-state index contributed by atoms with van der Waals surface area (Å²) in [4.78, 5) is 28.5. The number of pyridine rings is 1. The van der Waals surface area contributed by atoms with Crippen molar-refractivity contribution >= 4 is 23.2 Å². The minimum absolute atomic E-state index is 0.00981. The van der Waals surface area contributed by atoms with Gasteiger partial charge in [-0.05, 0) is 39.2 Å². The van der Waals surface area contributed by atoms with E-state index in [1.165, 1.54) is 12.3 Å². The molecule has 7 heteroatoms. The molecule has 1 aromatic heterocycles. The number of carbonyl (C=O) groups excluding carboxylic acids is 1. The first kappa shape index (κ1) is 14.7. The van der Waals surface area contributed by atoms with E-state index in [1.807, 2.05) is 13.8 Å². The number of halogens is 1. The van der Waals surface area contributed by atoms with Crippen LogP contribution in [0.3, 0.4) is 0 Å². The van der Waals surface area contributed by atoms with E-state index in [9.17, 15) is 14.9 Å². The highest BCUT2D eigenvalue weighted by atomic mass is 35.5. The van der Waals surface area contributed by atoms with Crippen molar-refractivity contribution in [2.24, 2.45) is 0 Å². The van der Waals surface area contributed by atoms with Gasteiger partial charge in [-0.3, -0.25) is 14.9 Å². The molecule has 1 saturated heterocycles. The van der Waals surface area contributed by atoms with Gasteiger partial charge in [0.15, 0.2) is 0 Å². The first-order chi connectivity index (χ1) is 9.43. The third kappa shape index (κ3) is 2.60. The zero-order chi connectivity index (χ0) is 14.9. The Kier molecular flexibility index (Phi) is 4.23. The lowest BCUT2D eigenvalue weighted by Gasteiger charge is -2.39. The Bertz CT molecular complexity index is 540. The van der Waals surface area contributed by atoms with Crippen LogP contribution >= 0.6 is 11.6 Å². The molecule has 0 radical (unpaired) electrons. The molecular weight excluding hydrogens is 282 g/mol. The second-order valence-corrected chi connectivity index (χ2v) is 5.45. The van der Waals surface area contributed by atoms with Gasteiger partial charge in [-0.25, -0.2) is 4.98 Å². The molecule has 0 aliphatic carbocycles. The third-order valence-corrected chi connectivity index (χ3v) is 4.00. The van der Waals surface area contributed by atoms with Crippen LogP contribution in [0, 0.1) is 10.1 Å². The van der Waals surface area contributed by atoms with E-state index >= 15 is 0 Å². The van der Waals surface area contributed by atoms with Gasteiger partial charge in [0.25, 0.3) is 5.91 Å². The second kappa shape index (κ2) is 5.75. The summed E-state index contributed by atoms with van der Waals surface area (Å²) in [6, 6.07) is 1.50. The molecule has 0 saturated carbocycles. The molecule has 1 aliphatic rings. The van der Waals surface area contributed by atoms with E-state index in [0.29, 0.717) is 0 Å². The number of rotatable bonds is 2. The molecule has 1 fully saturated rings. The van der Waals surface area contributed by atoms with Crippen molar-refractivity contribution in [3.8, 4) is 0 Å². The van der Waals surface area contributed by atoms with E-state index in [0.717, 1.165) is 19.3 Å². The molecule has 108 valence electrons. The van der Waals surface area contributed by atoms with Crippen LogP contribution in [-0.4, -0.2) is 32.8 Å². The molecule has 0 bridgehead atoms. The van der Waals surface area contributed by atoms with Crippen molar-refractivity contribution in [3.05, 3.63) is 33.1 Å².